The highest BCUT2D eigenvalue weighted by molar-refractivity contribution is 6.32. The number of rotatable bonds is 9. The lowest BCUT2D eigenvalue weighted by Crippen LogP contribution is -2.00. The maximum absolute atomic E-state index is 11.9. The molecule has 0 atom stereocenters. The first-order valence-electron chi connectivity index (χ1n) is 7.64. The van der Waals surface area contributed by atoms with E-state index in [2.05, 4.69) is 0 Å². The van der Waals surface area contributed by atoms with E-state index in [1.165, 1.54) is 12.1 Å². The van der Waals surface area contributed by atoms with E-state index < -0.39 is 4.92 Å². The predicted octanol–water partition coefficient (Wildman–Crippen LogP) is 4.38. The number of halogens is 1. The first-order valence-corrected chi connectivity index (χ1v) is 8.01. The molecule has 25 heavy (non-hydrogen) atoms. The van der Waals surface area contributed by atoms with Crippen LogP contribution in [0.2, 0.25) is 5.02 Å². The highest BCUT2D eigenvalue weighted by atomic mass is 35.5. The number of ketones is 1. The van der Waals surface area contributed by atoms with E-state index in [4.69, 9.17) is 16.3 Å². The number of nitro groups is 1. The monoisotopic (exact) mass is 361 g/mol. The van der Waals surface area contributed by atoms with Gasteiger partial charge >= 0.3 is 0 Å². The molecule has 6 nitrogen and oxygen atoms in total. The fraction of sp³-hybridized carbons (Fsp3) is 0.222. The number of aldehydes is 1. The number of Topliss-reactive ketones (excluding diaryl/α,β-unsaturated/α-hetero) is 1. The fourth-order valence-corrected chi connectivity index (χ4v) is 2.37. The Hall–Kier alpha value is -2.73. The average Bonchev–Trinajstić information content (AvgIpc) is 2.61. The molecule has 7 heteroatoms. The summed E-state index contributed by atoms with van der Waals surface area (Å²) in [6.07, 6.45) is 2.04. The molecule has 0 radical (unpaired) electrons. The number of nitro benzene ring substituents is 1. The number of carbonyl (C=O) groups is 2. The lowest BCUT2D eigenvalue weighted by Gasteiger charge is -2.07. The molecule has 0 unspecified atom stereocenters. The Kier molecular flexibility index (Phi) is 6.65. The molecule has 0 amide bonds. The predicted molar refractivity (Wildman–Crippen MR) is 93.1 cm³/mol. The molecular weight excluding hydrogens is 346 g/mol. The van der Waals surface area contributed by atoms with Gasteiger partial charge in [-0.05, 0) is 42.3 Å². The number of benzene rings is 2. The summed E-state index contributed by atoms with van der Waals surface area (Å²) in [5, 5.41) is 10.9. The van der Waals surface area contributed by atoms with Crippen LogP contribution < -0.4 is 4.74 Å². The molecule has 130 valence electrons. The van der Waals surface area contributed by atoms with Gasteiger partial charge in [-0.3, -0.25) is 14.9 Å². The fourth-order valence-electron chi connectivity index (χ4n) is 2.18. The largest absolute Gasteiger partial charge is 0.489 e. The highest BCUT2D eigenvalue weighted by Crippen LogP contribution is 2.25. The Balaban J connectivity index is 1.95. The van der Waals surface area contributed by atoms with Crippen LogP contribution in [-0.2, 0) is 11.4 Å². The van der Waals surface area contributed by atoms with Crippen LogP contribution in [0.4, 0.5) is 5.69 Å². The zero-order chi connectivity index (χ0) is 18.2. The Morgan fingerprint density at radius 2 is 1.92 bits per heavy atom. The zero-order valence-electron chi connectivity index (χ0n) is 13.3. The van der Waals surface area contributed by atoms with Crippen molar-refractivity contribution < 1.29 is 19.2 Å². The number of nitrogens with zero attached hydrogens (tertiary/aromatic N) is 1. The lowest BCUT2D eigenvalue weighted by atomic mass is 10.1. The molecule has 0 fully saturated rings. The van der Waals surface area contributed by atoms with E-state index in [1.54, 1.807) is 30.3 Å². The van der Waals surface area contributed by atoms with Crippen molar-refractivity contribution in [3.05, 3.63) is 68.7 Å². The minimum atomic E-state index is -0.545. The van der Waals surface area contributed by atoms with Gasteiger partial charge in [-0.25, -0.2) is 0 Å². The number of ether oxygens (including phenoxy) is 1. The molecule has 2 rings (SSSR count). The summed E-state index contributed by atoms with van der Waals surface area (Å²) in [5.74, 6) is 0.517. The van der Waals surface area contributed by atoms with Crippen molar-refractivity contribution in [2.24, 2.45) is 0 Å². The normalized spacial score (nSPS) is 10.3. The van der Waals surface area contributed by atoms with Gasteiger partial charge in [-0.2, -0.15) is 0 Å². The first kappa shape index (κ1) is 18.6. The van der Waals surface area contributed by atoms with Crippen molar-refractivity contribution in [2.45, 2.75) is 25.9 Å². The van der Waals surface area contributed by atoms with Crippen LogP contribution in [-0.4, -0.2) is 17.0 Å². The van der Waals surface area contributed by atoms with E-state index in [0.717, 1.165) is 6.29 Å². The van der Waals surface area contributed by atoms with Gasteiger partial charge in [0.25, 0.3) is 5.69 Å². The summed E-state index contributed by atoms with van der Waals surface area (Å²) in [4.78, 5) is 32.5. The van der Waals surface area contributed by atoms with Crippen molar-refractivity contribution in [2.75, 3.05) is 0 Å². The van der Waals surface area contributed by atoms with E-state index in [-0.39, 0.29) is 23.1 Å². The maximum atomic E-state index is 11.9. The van der Waals surface area contributed by atoms with Gasteiger partial charge in [-0.1, -0.05) is 17.7 Å². The summed E-state index contributed by atoms with van der Waals surface area (Å²) in [6.45, 7) is 0.143. The second-order valence-corrected chi connectivity index (χ2v) is 5.75. The summed E-state index contributed by atoms with van der Waals surface area (Å²) in [7, 11) is 0. The standard InChI is InChI=1S/C18H16ClNO5/c19-16-9-4-13(11-17(16)20(23)24)12-25-15-7-5-14(6-8-15)18(22)3-1-2-10-21/h4-11H,1-3,12H2. The Morgan fingerprint density at radius 1 is 1.20 bits per heavy atom. The third-order valence-electron chi connectivity index (χ3n) is 3.51. The van der Waals surface area contributed by atoms with Crippen LogP contribution in [0, 0.1) is 10.1 Å². The second kappa shape index (κ2) is 8.94. The molecule has 0 N–H and O–H groups in total. The van der Waals surface area contributed by atoms with Crippen molar-refractivity contribution in [3.63, 3.8) is 0 Å². The van der Waals surface area contributed by atoms with Crippen molar-refractivity contribution in [1.29, 1.82) is 0 Å². The molecule has 2 aromatic rings. The van der Waals surface area contributed by atoms with Gasteiger partial charge in [-0.15, -0.1) is 0 Å². The summed E-state index contributed by atoms with van der Waals surface area (Å²) in [6, 6.07) is 11.1. The third-order valence-corrected chi connectivity index (χ3v) is 3.83. The summed E-state index contributed by atoms with van der Waals surface area (Å²) < 4.78 is 5.58. The molecule has 0 aliphatic heterocycles. The maximum Gasteiger partial charge on any atom is 0.288 e. The SMILES string of the molecule is O=CCCCC(=O)c1ccc(OCc2ccc(Cl)c([N+](=O)[O-])c2)cc1. The molecule has 0 aliphatic rings. The number of carbonyl (C=O) groups excluding carboxylic acids is 2. The second-order valence-electron chi connectivity index (χ2n) is 5.34. The van der Waals surface area contributed by atoms with Crippen LogP contribution in [0.3, 0.4) is 0 Å². The van der Waals surface area contributed by atoms with Crippen LogP contribution >= 0.6 is 11.6 Å². The third kappa shape index (κ3) is 5.39. The van der Waals surface area contributed by atoms with Crippen LogP contribution in [0.5, 0.6) is 5.75 Å². The van der Waals surface area contributed by atoms with Gasteiger partial charge in [0.2, 0.25) is 0 Å². The average molecular weight is 362 g/mol. The smallest absolute Gasteiger partial charge is 0.288 e. The van der Waals surface area contributed by atoms with Gasteiger partial charge < -0.3 is 9.53 Å². The van der Waals surface area contributed by atoms with Crippen molar-refractivity contribution >= 4 is 29.4 Å². The van der Waals surface area contributed by atoms with Crippen molar-refractivity contribution in [3.8, 4) is 5.75 Å². The molecule has 0 saturated heterocycles. The zero-order valence-corrected chi connectivity index (χ0v) is 14.1. The topological polar surface area (TPSA) is 86.5 Å². The molecule has 0 spiro atoms. The molecule has 0 bridgehead atoms. The van der Waals surface area contributed by atoms with Gasteiger partial charge in [0, 0.05) is 24.5 Å². The molecule has 0 saturated carbocycles. The van der Waals surface area contributed by atoms with E-state index in [0.29, 0.717) is 36.1 Å². The number of hydrogen-bond donors (Lipinski definition) is 0. The van der Waals surface area contributed by atoms with Crippen LogP contribution in [0.15, 0.2) is 42.5 Å². The van der Waals surface area contributed by atoms with Crippen molar-refractivity contribution in [1.82, 2.24) is 0 Å². The Labute approximate surface area is 149 Å². The molecule has 0 aromatic heterocycles. The molecule has 2 aromatic carbocycles. The van der Waals surface area contributed by atoms with Crippen LogP contribution in [0.25, 0.3) is 0 Å². The van der Waals surface area contributed by atoms with Gasteiger partial charge in [0.15, 0.2) is 5.78 Å². The summed E-state index contributed by atoms with van der Waals surface area (Å²) >= 11 is 5.77. The minimum Gasteiger partial charge on any atom is -0.489 e. The van der Waals surface area contributed by atoms with E-state index >= 15 is 0 Å². The minimum absolute atomic E-state index is 0.0262. The van der Waals surface area contributed by atoms with Gasteiger partial charge in [0.1, 0.15) is 23.7 Å². The summed E-state index contributed by atoms with van der Waals surface area (Å²) in [5.41, 5.74) is 1.00. The Bertz CT molecular complexity index is 774. The molecule has 0 heterocycles. The van der Waals surface area contributed by atoms with E-state index in [9.17, 15) is 19.7 Å². The van der Waals surface area contributed by atoms with Crippen LogP contribution in [0.1, 0.15) is 35.2 Å². The quantitative estimate of drug-likeness (QED) is 0.217. The van der Waals surface area contributed by atoms with Gasteiger partial charge in [0.05, 0.1) is 4.92 Å². The molecular formula is C18H16ClNO5. The van der Waals surface area contributed by atoms with E-state index in [1.807, 2.05) is 0 Å². The first-order chi connectivity index (χ1) is 12.0. The lowest BCUT2D eigenvalue weighted by molar-refractivity contribution is -0.384. The highest BCUT2D eigenvalue weighted by Gasteiger charge is 2.13. The Morgan fingerprint density at radius 3 is 2.56 bits per heavy atom. The number of unbranched alkanes of at least 4 members (excludes halogenated alkanes) is 1. The number of hydrogen-bond acceptors (Lipinski definition) is 5. The molecule has 0 aliphatic carbocycles.